The molecule has 1 saturated heterocycles. The molecule has 0 aromatic heterocycles. The molecular formula is C11H23N3S. The third-order valence-electron chi connectivity index (χ3n) is 2.53. The number of nitrogens with one attached hydrogen (secondary N) is 1. The molecule has 0 radical (unpaired) electrons. The molecule has 1 heterocycles. The fourth-order valence-electron chi connectivity index (χ4n) is 1.43. The highest BCUT2D eigenvalue weighted by atomic mass is 32.2. The molecule has 3 nitrogen and oxygen atoms in total. The second-order valence-electron chi connectivity index (χ2n) is 4.65. The number of hydrogen-bond donors (Lipinski definition) is 1. The van der Waals surface area contributed by atoms with Crippen molar-refractivity contribution < 1.29 is 0 Å². The Kier molecular flexibility index (Phi) is 5.47. The van der Waals surface area contributed by atoms with Crippen LogP contribution in [0.3, 0.4) is 0 Å². The van der Waals surface area contributed by atoms with Crippen molar-refractivity contribution in [2.24, 2.45) is 10.9 Å². The molecule has 0 aromatic carbocycles. The van der Waals surface area contributed by atoms with Gasteiger partial charge in [0.25, 0.3) is 0 Å². The summed E-state index contributed by atoms with van der Waals surface area (Å²) in [6.45, 7) is 6.58. The van der Waals surface area contributed by atoms with Crippen molar-refractivity contribution in [2.75, 3.05) is 32.9 Å². The van der Waals surface area contributed by atoms with Crippen LogP contribution in [0.5, 0.6) is 0 Å². The van der Waals surface area contributed by atoms with Crippen LogP contribution in [0.15, 0.2) is 4.99 Å². The van der Waals surface area contributed by atoms with Crippen molar-refractivity contribution >= 4 is 16.9 Å². The highest BCUT2D eigenvalue weighted by molar-refractivity contribution is 8.14. The van der Waals surface area contributed by atoms with Gasteiger partial charge in [-0.25, -0.2) is 0 Å². The van der Waals surface area contributed by atoms with Gasteiger partial charge < -0.3 is 10.2 Å². The first-order valence-electron chi connectivity index (χ1n) is 5.68. The Balaban J connectivity index is 2.19. The average molecular weight is 229 g/mol. The first-order valence-corrected chi connectivity index (χ1v) is 6.66. The topological polar surface area (TPSA) is 27.6 Å². The molecule has 1 aliphatic rings. The molecule has 4 heteroatoms. The van der Waals surface area contributed by atoms with E-state index in [0.717, 1.165) is 24.7 Å². The molecule has 0 saturated carbocycles. The minimum absolute atomic E-state index is 0.614. The Hall–Kier alpha value is -0.220. The Morgan fingerprint density at radius 1 is 1.53 bits per heavy atom. The molecule has 1 atom stereocenters. The smallest absolute Gasteiger partial charge is 0.156 e. The molecular weight excluding hydrogens is 206 g/mol. The quantitative estimate of drug-likeness (QED) is 0.727. The minimum atomic E-state index is 0.614. The van der Waals surface area contributed by atoms with Gasteiger partial charge in [-0.15, -0.1) is 0 Å². The van der Waals surface area contributed by atoms with Gasteiger partial charge >= 0.3 is 0 Å². The van der Waals surface area contributed by atoms with Gasteiger partial charge in [-0.05, 0) is 33.0 Å². The maximum atomic E-state index is 4.57. The molecule has 1 rings (SSSR count). The zero-order valence-electron chi connectivity index (χ0n) is 10.3. The van der Waals surface area contributed by atoms with Crippen LogP contribution in [-0.4, -0.2) is 49.0 Å². The van der Waals surface area contributed by atoms with E-state index in [1.54, 1.807) is 0 Å². The zero-order valence-corrected chi connectivity index (χ0v) is 11.1. The van der Waals surface area contributed by atoms with Crippen molar-refractivity contribution in [3.63, 3.8) is 0 Å². The van der Waals surface area contributed by atoms with Gasteiger partial charge in [0.2, 0.25) is 0 Å². The Labute approximate surface area is 97.7 Å². The van der Waals surface area contributed by atoms with E-state index in [-0.39, 0.29) is 0 Å². The minimum Gasteiger partial charge on any atom is -0.361 e. The molecule has 1 fully saturated rings. The average Bonchev–Trinajstić information content (AvgIpc) is 2.60. The van der Waals surface area contributed by atoms with Gasteiger partial charge in [-0.3, -0.25) is 4.99 Å². The molecule has 0 amide bonds. The normalized spacial score (nSPS) is 24.1. The van der Waals surface area contributed by atoms with Crippen LogP contribution in [0.4, 0.5) is 0 Å². The van der Waals surface area contributed by atoms with E-state index in [1.807, 2.05) is 11.8 Å². The number of amidine groups is 1. The summed E-state index contributed by atoms with van der Waals surface area (Å²) in [6.07, 6.45) is 1.14. The summed E-state index contributed by atoms with van der Waals surface area (Å²) in [6, 6.07) is 0.614. The van der Waals surface area contributed by atoms with Gasteiger partial charge in [-0.2, -0.15) is 0 Å². The van der Waals surface area contributed by atoms with Crippen LogP contribution in [0, 0.1) is 5.92 Å². The van der Waals surface area contributed by atoms with E-state index in [9.17, 15) is 0 Å². The van der Waals surface area contributed by atoms with Crippen LogP contribution < -0.4 is 5.32 Å². The van der Waals surface area contributed by atoms with Crippen molar-refractivity contribution in [1.82, 2.24) is 10.2 Å². The van der Waals surface area contributed by atoms with Gasteiger partial charge in [0, 0.05) is 18.3 Å². The highest BCUT2D eigenvalue weighted by Gasteiger charge is 2.22. The van der Waals surface area contributed by atoms with Gasteiger partial charge in [0.05, 0.1) is 0 Å². The monoisotopic (exact) mass is 229 g/mol. The lowest BCUT2D eigenvalue weighted by Crippen LogP contribution is -2.31. The van der Waals surface area contributed by atoms with Crippen LogP contribution in [-0.2, 0) is 0 Å². The lowest BCUT2D eigenvalue weighted by Gasteiger charge is -2.13. The molecule has 15 heavy (non-hydrogen) atoms. The third kappa shape index (κ3) is 4.89. The fraction of sp³-hybridized carbons (Fsp3) is 0.909. The predicted octanol–water partition coefficient (Wildman–Crippen LogP) is 1.66. The lowest BCUT2D eigenvalue weighted by atomic mass is 10.1. The molecule has 1 N–H and O–H groups in total. The van der Waals surface area contributed by atoms with Gasteiger partial charge in [0.1, 0.15) is 0 Å². The summed E-state index contributed by atoms with van der Waals surface area (Å²) in [4.78, 5) is 6.77. The van der Waals surface area contributed by atoms with Crippen LogP contribution in [0.1, 0.15) is 20.3 Å². The van der Waals surface area contributed by atoms with Gasteiger partial charge in [-0.1, -0.05) is 25.6 Å². The molecule has 1 unspecified atom stereocenters. The lowest BCUT2D eigenvalue weighted by molar-refractivity contribution is 0.403. The first kappa shape index (κ1) is 12.8. The molecule has 88 valence electrons. The van der Waals surface area contributed by atoms with Crippen molar-refractivity contribution in [1.29, 1.82) is 0 Å². The van der Waals surface area contributed by atoms with Gasteiger partial charge in [0.15, 0.2) is 5.17 Å². The van der Waals surface area contributed by atoms with E-state index in [4.69, 9.17) is 0 Å². The summed E-state index contributed by atoms with van der Waals surface area (Å²) in [5, 5.41) is 4.62. The predicted molar refractivity (Wildman–Crippen MR) is 69.7 cm³/mol. The van der Waals surface area contributed by atoms with Crippen molar-refractivity contribution in [3.8, 4) is 0 Å². The van der Waals surface area contributed by atoms with Crippen LogP contribution in [0.2, 0.25) is 0 Å². The second kappa shape index (κ2) is 6.38. The van der Waals surface area contributed by atoms with E-state index in [1.165, 1.54) is 5.75 Å². The number of hydrogen-bond acceptors (Lipinski definition) is 3. The van der Waals surface area contributed by atoms with E-state index < -0.39 is 0 Å². The summed E-state index contributed by atoms with van der Waals surface area (Å²) in [5.41, 5.74) is 0. The number of aliphatic imine (C=N–C) groups is 1. The molecule has 0 aliphatic carbocycles. The van der Waals surface area contributed by atoms with Crippen molar-refractivity contribution in [3.05, 3.63) is 0 Å². The summed E-state index contributed by atoms with van der Waals surface area (Å²) in [5.74, 6) is 1.87. The zero-order chi connectivity index (χ0) is 11.3. The maximum absolute atomic E-state index is 4.57. The number of thioether (sulfide) groups is 1. The third-order valence-corrected chi connectivity index (χ3v) is 3.58. The molecule has 0 spiro atoms. The van der Waals surface area contributed by atoms with Crippen LogP contribution >= 0.6 is 11.8 Å². The van der Waals surface area contributed by atoms with Crippen molar-refractivity contribution in [2.45, 2.75) is 26.3 Å². The van der Waals surface area contributed by atoms with E-state index in [2.05, 4.69) is 43.2 Å². The summed E-state index contributed by atoms with van der Waals surface area (Å²) >= 11 is 1.86. The summed E-state index contributed by atoms with van der Waals surface area (Å²) < 4.78 is 0. The second-order valence-corrected chi connectivity index (χ2v) is 5.66. The first-order chi connectivity index (χ1) is 7.09. The fourth-order valence-corrected chi connectivity index (χ4v) is 2.65. The standard InChI is InChI=1S/C11H23N3S/c1-9(2)10-8-15-11(13-10)12-6-5-7-14(3)4/h9-10H,5-8H2,1-4H3,(H,12,13). The van der Waals surface area contributed by atoms with Crippen LogP contribution in [0.25, 0.3) is 0 Å². The Morgan fingerprint density at radius 2 is 2.27 bits per heavy atom. The van der Waals surface area contributed by atoms with E-state index in [0.29, 0.717) is 12.0 Å². The number of nitrogens with zero attached hydrogens (tertiary/aromatic N) is 2. The number of rotatable bonds is 5. The highest BCUT2D eigenvalue weighted by Crippen LogP contribution is 2.18. The summed E-state index contributed by atoms with van der Waals surface area (Å²) in [7, 11) is 4.20. The van der Waals surface area contributed by atoms with E-state index >= 15 is 0 Å². The SMILES string of the molecule is CC(C)C1CSC(=NCCCN(C)C)N1. The Bertz CT molecular complexity index is 214. The molecule has 0 aromatic rings. The molecule has 0 bridgehead atoms. The largest absolute Gasteiger partial charge is 0.361 e. The maximum Gasteiger partial charge on any atom is 0.156 e. The Morgan fingerprint density at radius 3 is 2.80 bits per heavy atom. The molecule has 1 aliphatic heterocycles.